The maximum Gasteiger partial charge on any atom is 0.0619 e. The first-order chi connectivity index (χ1) is 19.6. The predicted molar refractivity (Wildman–Crippen MR) is 171 cm³/mol. The van der Waals surface area contributed by atoms with Crippen LogP contribution in [-0.4, -0.2) is 4.57 Å². The van der Waals surface area contributed by atoms with Gasteiger partial charge in [-0.15, -0.1) is 0 Å². The maximum atomic E-state index is 2.54. The smallest absolute Gasteiger partial charge is 0.0619 e. The van der Waals surface area contributed by atoms with Gasteiger partial charge in [-0.05, 0) is 50.4 Å². The second-order valence-electron chi connectivity index (χ2n) is 11.7. The molecule has 0 N–H and O–H groups in total. The Balaban J connectivity index is 1.61. The number of hydrogen-bond acceptors (Lipinski definition) is 0. The van der Waals surface area contributed by atoms with Crippen molar-refractivity contribution in [2.45, 2.75) is 19.3 Å². The molecule has 1 aliphatic rings. The van der Waals surface area contributed by atoms with E-state index in [9.17, 15) is 0 Å². The zero-order chi connectivity index (χ0) is 26.6. The second kappa shape index (κ2) is 7.61. The average molecular weight is 510 g/mol. The Morgan fingerprint density at radius 1 is 0.500 bits per heavy atom. The number of rotatable bonds is 1. The van der Waals surface area contributed by atoms with Gasteiger partial charge in [0.15, 0.2) is 0 Å². The number of benzene rings is 7. The molecule has 0 spiro atoms. The van der Waals surface area contributed by atoms with E-state index in [0.717, 1.165) is 0 Å². The molecule has 9 rings (SSSR count). The monoisotopic (exact) mass is 509 g/mol. The summed E-state index contributed by atoms with van der Waals surface area (Å²) < 4.78 is 2.54. The lowest BCUT2D eigenvalue weighted by molar-refractivity contribution is 0.645. The Morgan fingerprint density at radius 2 is 1.15 bits per heavy atom. The first kappa shape index (κ1) is 22.0. The molecule has 0 saturated carbocycles. The van der Waals surface area contributed by atoms with Crippen molar-refractivity contribution in [3.63, 3.8) is 0 Å². The minimum absolute atomic E-state index is 0.0719. The highest BCUT2D eigenvalue weighted by molar-refractivity contribution is 6.28. The highest BCUT2D eigenvalue weighted by Crippen LogP contribution is 2.53. The van der Waals surface area contributed by atoms with Gasteiger partial charge in [0.1, 0.15) is 0 Å². The van der Waals surface area contributed by atoms with E-state index in [4.69, 9.17) is 0 Å². The quantitative estimate of drug-likeness (QED) is 0.207. The van der Waals surface area contributed by atoms with E-state index in [1.54, 1.807) is 0 Å². The summed E-state index contributed by atoms with van der Waals surface area (Å²) >= 11 is 0. The van der Waals surface area contributed by atoms with Crippen LogP contribution in [0.5, 0.6) is 0 Å². The van der Waals surface area contributed by atoms with Gasteiger partial charge in [-0.2, -0.15) is 0 Å². The molecule has 0 atom stereocenters. The fraction of sp³-hybridized carbons (Fsp3) is 0.0769. The number of hydrogen-bond donors (Lipinski definition) is 0. The molecule has 0 fully saturated rings. The van der Waals surface area contributed by atoms with Crippen molar-refractivity contribution in [2.75, 3.05) is 0 Å². The van der Waals surface area contributed by atoms with Crippen LogP contribution in [0, 0.1) is 0 Å². The van der Waals surface area contributed by atoms with Crippen molar-refractivity contribution >= 4 is 54.1 Å². The van der Waals surface area contributed by atoms with E-state index >= 15 is 0 Å². The summed E-state index contributed by atoms with van der Waals surface area (Å²) in [5.41, 5.74) is 9.22. The molecule has 8 aromatic rings. The van der Waals surface area contributed by atoms with Crippen LogP contribution in [0.15, 0.2) is 127 Å². The second-order valence-corrected chi connectivity index (χ2v) is 11.7. The van der Waals surface area contributed by atoms with Crippen molar-refractivity contribution in [1.82, 2.24) is 4.57 Å². The molecule has 0 radical (unpaired) electrons. The normalized spacial score (nSPS) is 13.9. The van der Waals surface area contributed by atoms with E-state index in [2.05, 4.69) is 146 Å². The summed E-state index contributed by atoms with van der Waals surface area (Å²) in [7, 11) is 0. The molecule has 7 aromatic carbocycles. The van der Waals surface area contributed by atoms with Crippen molar-refractivity contribution in [1.29, 1.82) is 0 Å². The summed E-state index contributed by atoms with van der Waals surface area (Å²) in [5, 5.41) is 10.4. The maximum absolute atomic E-state index is 2.54. The minimum atomic E-state index is -0.0719. The van der Waals surface area contributed by atoms with Crippen molar-refractivity contribution < 1.29 is 0 Å². The minimum Gasteiger partial charge on any atom is -0.308 e. The molecule has 0 bridgehead atoms. The molecular formula is C39H27N. The number of aromatic nitrogens is 1. The molecule has 1 heteroatoms. The molecule has 0 amide bonds. The Kier molecular flexibility index (Phi) is 4.18. The van der Waals surface area contributed by atoms with Gasteiger partial charge < -0.3 is 4.57 Å². The molecule has 1 heterocycles. The number of nitrogens with zero attached hydrogens (tertiary/aromatic N) is 1. The Bertz CT molecular complexity index is 2340. The van der Waals surface area contributed by atoms with Crippen LogP contribution < -0.4 is 0 Å². The fourth-order valence-electron chi connectivity index (χ4n) is 7.54. The summed E-state index contributed by atoms with van der Waals surface area (Å²) in [6.45, 7) is 4.75. The van der Waals surface area contributed by atoms with Crippen molar-refractivity contribution in [3.05, 3.63) is 139 Å². The van der Waals surface area contributed by atoms with Crippen LogP contribution in [0.2, 0.25) is 0 Å². The lowest BCUT2D eigenvalue weighted by Gasteiger charge is -2.35. The summed E-state index contributed by atoms with van der Waals surface area (Å²) in [6, 6.07) is 47.3. The molecule has 0 aliphatic heterocycles. The molecule has 0 unspecified atom stereocenters. The van der Waals surface area contributed by atoms with Gasteiger partial charge in [-0.25, -0.2) is 0 Å². The SMILES string of the molecule is CC1(C)c2ccccc2-c2c3c1cccc3cc1c2c2ccc3ccccc3c2n1-c1cccc2ccccc12. The standard InChI is InChI=1S/C39H27N/c1-39(2)31-18-8-7-17-29(31)37-35-26(14-9-19-32(35)39)23-34-36(37)30-22-21-25-12-4-6-16-28(25)38(30)40(34)33-20-10-13-24-11-3-5-15-27(24)33/h3-23H,1-2H3. The van der Waals surface area contributed by atoms with E-state index in [0.29, 0.717) is 0 Å². The molecule has 40 heavy (non-hydrogen) atoms. The lowest BCUT2D eigenvalue weighted by Crippen LogP contribution is -2.23. The zero-order valence-electron chi connectivity index (χ0n) is 22.6. The van der Waals surface area contributed by atoms with Crippen LogP contribution in [0.1, 0.15) is 25.0 Å². The van der Waals surface area contributed by atoms with E-state index in [1.807, 2.05) is 0 Å². The van der Waals surface area contributed by atoms with E-state index in [1.165, 1.54) is 82.1 Å². The van der Waals surface area contributed by atoms with Crippen LogP contribution in [-0.2, 0) is 5.41 Å². The van der Waals surface area contributed by atoms with Crippen LogP contribution in [0.3, 0.4) is 0 Å². The van der Waals surface area contributed by atoms with Gasteiger partial charge >= 0.3 is 0 Å². The van der Waals surface area contributed by atoms with Gasteiger partial charge in [-0.3, -0.25) is 0 Å². The summed E-state index contributed by atoms with van der Waals surface area (Å²) in [5.74, 6) is 0. The van der Waals surface area contributed by atoms with Gasteiger partial charge in [0.05, 0.1) is 16.7 Å². The first-order valence-electron chi connectivity index (χ1n) is 14.1. The molecule has 0 saturated heterocycles. The van der Waals surface area contributed by atoms with Gasteiger partial charge in [-0.1, -0.05) is 129 Å². The zero-order valence-corrected chi connectivity index (χ0v) is 22.6. The van der Waals surface area contributed by atoms with Crippen molar-refractivity contribution in [3.8, 4) is 16.8 Å². The molecule has 1 nitrogen and oxygen atoms in total. The summed E-state index contributed by atoms with van der Waals surface area (Å²) in [4.78, 5) is 0. The largest absolute Gasteiger partial charge is 0.308 e. The molecule has 188 valence electrons. The molecule has 1 aromatic heterocycles. The third kappa shape index (κ3) is 2.67. The van der Waals surface area contributed by atoms with E-state index in [-0.39, 0.29) is 5.41 Å². The van der Waals surface area contributed by atoms with Crippen LogP contribution in [0.4, 0.5) is 0 Å². The molecular weight excluding hydrogens is 482 g/mol. The van der Waals surface area contributed by atoms with E-state index < -0.39 is 0 Å². The van der Waals surface area contributed by atoms with Gasteiger partial charge in [0.25, 0.3) is 0 Å². The fourth-order valence-corrected chi connectivity index (χ4v) is 7.54. The summed E-state index contributed by atoms with van der Waals surface area (Å²) in [6.07, 6.45) is 0. The topological polar surface area (TPSA) is 4.93 Å². The Hall–Kier alpha value is -4.88. The highest BCUT2D eigenvalue weighted by Gasteiger charge is 2.35. The Morgan fingerprint density at radius 3 is 2.02 bits per heavy atom. The average Bonchev–Trinajstić information content (AvgIpc) is 3.33. The Labute approximate surface area is 232 Å². The predicted octanol–water partition coefficient (Wildman–Crippen LogP) is 10.5. The molecule has 1 aliphatic carbocycles. The van der Waals surface area contributed by atoms with Gasteiger partial charge in [0, 0.05) is 32.5 Å². The first-order valence-corrected chi connectivity index (χ1v) is 14.1. The van der Waals surface area contributed by atoms with Crippen molar-refractivity contribution in [2.24, 2.45) is 0 Å². The highest BCUT2D eigenvalue weighted by atomic mass is 15.0. The third-order valence-corrected chi connectivity index (χ3v) is 9.33. The van der Waals surface area contributed by atoms with Gasteiger partial charge in [0.2, 0.25) is 0 Å². The van der Waals surface area contributed by atoms with Crippen LogP contribution >= 0.6 is 0 Å². The lowest BCUT2D eigenvalue weighted by atomic mass is 9.68. The third-order valence-electron chi connectivity index (χ3n) is 9.33. The number of fused-ring (bicyclic) bond motifs is 9. The van der Waals surface area contributed by atoms with Crippen LogP contribution in [0.25, 0.3) is 70.9 Å².